The van der Waals surface area contributed by atoms with Crippen molar-refractivity contribution in [2.45, 2.75) is 26.8 Å². The van der Waals surface area contributed by atoms with Crippen molar-refractivity contribution in [2.75, 3.05) is 20.2 Å². The molecule has 9 heteroatoms. The maximum Gasteiger partial charge on any atom is 0.271 e. The Kier molecular flexibility index (Phi) is 7.14. The zero-order valence-electron chi connectivity index (χ0n) is 19.9. The van der Waals surface area contributed by atoms with E-state index in [1.807, 2.05) is 32.9 Å². The fourth-order valence-electron chi connectivity index (χ4n) is 4.17. The quantitative estimate of drug-likeness (QED) is 0.549. The number of hydrogen-bond donors (Lipinski definition) is 1. The van der Waals surface area contributed by atoms with E-state index in [2.05, 4.69) is 4.99 Å². The van der Waals surface area contributed by atoms with Gasteiger partial charge < -0.3 is 14.7 Å². The van der Waals surface area contributed by atoms with Crippen molar-refractivity contribution in [2.24, 2.45) is 4.99 Å². The van der Waals surface area contributed by atoms with E-state index in [9.17, 15) is 14.7 Å². The van der Waals surface area contributed by atoms with Crippen LogP contribution in [0.4, 0.5) is 0 Å². The number of phenolic OH excluding ortho intramolecular Hbond substituents is 1. The third-order valence-corrected chi connectivity index (χ3v) is 7.22. The summed E-state index contributed by atoms with van der Waals surface area (Å²) in [7, 11) is 1.47. The van der Waals surface area contributed by atoms with Crippen LogP contribution >= 0.6 is 22.9 Å². The summed E-state index contributed by atoms with van der Waals surface area (Å²) in [5, 5.41) is 10.5. The van der Waals surface area contributed by atoms with Gasteiger partial charge >= 0.3 is 0 Å². The minimum atomic E-state index is -0.631. The molecular formula is C26H26ClN3O4S. The lowest BCUT2D eigenvalue weighted by Gasteiger charge is -2.29. The number of hydrogen-bond acceptors (Lipinski definition) is 6. The van der Waals surface area contributed by atoms with Crippen molar-refractivity contribution < 1.29 is 14.6 Å². The van der Waals surface area contributed by atoms with Gasteiger partial charge in [0.1, 0.15) is 0 Å². The first-order valence-corrected chi connectivity index (χ1v) is 12.4. The average molecular weight is 512 g/mol. The van der Waals surface area contributed by atoms with E-state index in [1.54, 1.807) is 39.8 Å². The molecule has 1 amide bonds. The van der Waals surface area contributed by atoms with E-state index in [0.717, 1.165) is 5.56 Å². The molecule has 7 nitrogen and oxygen atoms in total. The Morgan fingerprint density at radius 2 is 1.91 bits per heavy atom. The number of fused-ring (bicyclic) bond motifs is 1. The van der Waals surface area contributed by atoms with Crippen LogP contribution in [0, 0.1) is 0 Å². The van der Waals surface area contributed by atoms with Crippen LogP contribution in [-0.2, 0) is 4.79 Å². The van der Waals surface area contributed by atoms with Crippen LogP contribution in [0.3, 0.4) is 0 Å². The highest BCUT2D eigenvalue weighted by Crippen LogP contribution is 2.32. The highest BCUT2D eigenvalue weighted by molar-refractivity contribution is 7.07. The minimum absolute atomic E-state index is 0.0176. The van der Waals surface area contributed by atoms with Gasteiger partial charge in [-0.25, -0.2) is 4.99 Å². The van der Waals surface area contributed by atoms with Gasteiger partial charge in [-0.05, 0) is 62.2 Å². The van der Waals surface area contributed by atoms with Crippen LogP contribution in [0.1, 0.15) is 37.9 Å². The number of allylic oxidation sites excluding steroid dienone is 1. The molecule has 0 unspecified atom stereocenters. The fourth-order valence-corrected chi connectivity index (χ4v) is 5.34. The van der Waals surface area contributed by atoms with Crippen LogP contribution in [-0.4, -0.2) is 40.7 Å². The zero-order chi connectivity index (χ0) is 25.3. The molecule has 2 heterocycles. The van der Waals surface area contributed by atoms with Crippen LogP contribution in [0.25, 0.3) is 6.08 Å². The fraction of sp³-hybridized carbons (Fsp3) is 0.269. The number of carbonyl (C=O) groups is 1. The van der Waals surface area contributed by atoms with E-state index in [1.165, 1.54) is 24.5 Å². The van der Waals surface area contributed by atoms with E-state index in [0.29, 0.717) is 50.0 Å². The number of carbonyl (C=O) groups excluding carboxylic acids is 1. The Labute approximate surface area is 211 Å². The van der Waals surface area contributed by atoms with Crippen molar-refractivity contribution in [3.8, 4) is 11.5 Å². The molecule has 0 fully saturated rings. The van der Waals surface area contributed by atoms with Crippen LogP contribution in [0.2, 0.25) is 5.02 Å². The Morgan fingerprint density at radius 1 is 1.23 bits per heavy atom. The topological polar surface area (TPSA) is 84.1 Å². The molecule has 4 rings (SSSR count). The molecule has 1 aliphatic rings. The molecule has 0 radical (unpaired) electrons. The smallest absolute Gasteiger partial charge is 0.271 e. The lowest BCUT2D eigenvalue weighted by Crippen LogP contribution is -2.43. The number of nitrogens with zero attached hydrogens (tertiary/aromatic N) is 3. The number of amides is 1. The molecule has 35 heavy (non-hydrogen) atoms. The summed E-state index contributed by atoms with van der Waals surface area (Å²) in [5.41, 5.74) is 2.28. The van der Waals surface area contributed by atoms with Gasteiger partial charge in [-0.3, -0.25) is 14.2 Å². The third kappa shape index (κ3) is 4.63. The second-order valence-electron chi connectivity index (χ2n) is 8.04. The number of ether oxygens (including phenoxy) is 1. The summed E-state index contributed by atoms with van der Waals surface area (Å²) < 4.78 is 7.23. The maximum absolute atomic E-state index is 13.7. The minimum Gasteiger partial charge on any atom is -0.504 e. The number of aromatic nitrogens is 1. The summed E-state index contributed by atoms with van der Waals surface area (Å²) in [6, 6.07) is 11.4. The number of likely N-dealkylation sites (N-methyl/N-ethyl adjacent to an activating group) is 1. The molecule has 1 aromatic heterocycles. The average Bonchev–Trinajstić information content (AvgIpc) is 3.15. The third-order valence-electron chi connectivity index (χ3n) is 5.99. The summed E-state index contributed by atoms with van der Waals surface area (Å²) in [6.45, 7) is 6.76. The molecule has 182 valence electrons. The van der Waals surface area contributed by atoms with Crippen LogP contribution in [0.15, 0.2) is 63.5 Å². The number of aromatic hydroxyl groups is 1. The number of halogens is 1. The van der Waals surface area contributed by atoms with E-state index in [4.69, 9.17) is 16.3 Å². The second kappa shape index (κ2) is 10.1. The highest BCUT2D eigenvalue weighted by atomic mass is 35.5. The van der Waals surface area contributed by atoms with E-state index >= 15 is 0 Å². The molecule has 1 N–H and O–H groups in total. The molecular weight excluding hydrogens is 486 g/mol. The van der Waals surface area contributed by atoms with Crippen molar-refractivity contribution in [1.82, 2.24) is 9.47 Å². The molecule has 2 aromatic carbocycles. The lowest BCUT2D eigenvalue weighted by atomic mass is 9.94. The SMILES string of the molecule is CCN(CC)C(=O)C1=C(C)N=c2s/c(=C/c3ccc(O)c(OC)c3)c(=O)n2[C@H]1c1ccc(Cl)cc1. The van der Waals surface area contributed by atoms with Crippen molar-refractivity contribution in [3.63, 3.8) is 0 Å². The summed E-state index contributed by atoms with van der Waals surface area (Å²) in [4.78, 5) is 34.2. The van der Waals surface area contributed by atoms with Gasteiger partial charge in [0, 0.05) is 18.1 Å². The molecule has 0 aliphatic carbocycles. The van der Waals surface area contributed by atoms with Crippen molar-refractivity contribution in [1.29, 1.82) is 0 Å². The second-order valence-corrected chi connectivity index (χ2v) is 9.49. The lowest BCUT2D eigenvalue weighted by molar-refractivity contribution is -0.127. The highest BCUT2D eigenvalue weighted by Gasteiger charge is 2.34. The van der Waals surface area contributed by atoms with Gasteiger partial charge in [0.15, 0.2) is 16.3 Å². The van der Waals surface area contributed by atoms with E-state index in [-0.39, 0.29) is 17.2 Å². The molecule has 0 bridgehead atoms. The molecule has 1 atom stereocenters. The van der Waals surface area contributed by atoms with Crippen LogP contribution in [0.5, 0.6) is 11.5 Å². The normalized spacial score (nSPS) is 15.6. The maximum atomic E-state index is 13.7. The van der Waals surface area contributed by atoms with Gasteiger partial charge in [0.05, 0.1) is 29.0 Å². The van der Waals surface area contributed by atoms with Gasteiger partial charge in [0.25, 0.3) is 11.5 Å². The van der Waals surface area contributed by atoms with Crippen molar-refractivity contribution >= 4 is 34.9 Å². The number of rotatable bonds is 6. The van der Waals surface area contributed by atoms with Crippen molar-refractivity contribution in [3.05, 3.63) is 89.6 Å². The predicted molar refractivity (Wildman–Crippen MR) is 138 cm³/mol. The number of thiazole rings is 1. The summed E-state index contributed by atoms with van der Waals surface area (Å²) >= 11 is 7.38. The Morgan fingerprint density at radius 3 is 2.54 bits per heavy atom. The molecule has 0 spiro atoms. The number of benzene rings is 2. The zero-order valence-corrected chi connectivity index (χ0v) is 21.5. The first kappa shape index (κ1) is 24.8. The molecule has 1 aliphatic heterocycles. The molecule has 3 aromatic rings. The van der Waals surface area contributed by atoms with Crippen LogP contribution < -0.4 is 19.6 Å². The summed E-state index contributed by atoms with van der Waals surface area (Å²) in [5.74, 6) is 0.186. The van der Waals surface area contributed by atoms with Gasteiger partial charge in [-0.15, -0.1) is 0 Å². The number of phenols is 1. The Hall–Kier alpha value is -3.36. The standard InChI is InChI=1S/C26H26ClN3O4S/c1-5-29(6-2)25(33)22-15(3)28-26-30(23(22)17-8-10-18(27)11-9-17)24(32)21(35-26)14-16-7-12-19(31)20(13-16)34-4/h7-14,23,31H,5-6H2,1-4H3/b21-14+/t23-/m0/s1. The summed E-state index contributed by atoms with van der Waals surface area (Å²) in [6.07, 6.45) is 1.73. The van der Waals surface area contributed by atoms with Gasteiger partial charge in [-0.1, -0.05) is 41.1 Å². The van der Waals surface area contributed by atoms with Gasteiger partial charge in [0.2, 0.25) is 0 Å². The monoisotopic (exact) mass is 511 g/mol. The Balaban J connectivity index is 1.94. The first-order chi connectivity index (χ1) is 16.8. The molecule has 0 saturated carbocycles. The van der Waals surface area contributed by atoms with Gasteiger partial charge in [-0.2, -0.15) is 0 Å². The number of methoxy groups -OCH3 is 1. The largest absolute Gasteiger partial charge is 0.504 e. The first-order valence-electron chi connectivity index (χ1n) is 11.2. The molecule has 0 saturated heterocycles. The van der Waals surface area contributed by atoms with E-state index < -0.39 is 6.04 Å². The Bertz CT molecular complexity index is 1480. The predicted octanol–water partition coefficient (Wildman–Crippen LogP) is 3.47.